The molecule has 112 valence electrons. The van der Waals surface area contributed by atoms with Gasteiger partial charge < -0.3 is 10.1 Å². The van der Waals surface area contributed by atoms with Gasteiger partial charge in [-0.05, 0) is 42.8 Å². The zero-order chi connectivity index (χ0) is 15.2. The van der Waals surface area contributed by atoms with Crippen LogP contribution in [0.1, 0.15) is 18.9 Å². The molecule has 2 nitrogen and oxygen atoms in total. The van der Waals surface area contributed by atoms with Crippen LogP contribution in [0.5, 0.6) is 11.5 Å². The summed E-state index contributed by atoms with van der Waals surface area (Å²) >= 11 is 5.66. The number of rotatable bonds is 6. The van der Waals surface area contributed by atoms with Crippen LogP contribution in [-0.2, 0) is 6.54 Å². The van der Waals surface area contributed by atoms with Crippen LogP contribution in [-0.4, -0.2) is 6.54 Å². The molecule has 0 bridgehead atoms. The Kier molecular flexibility index (Phi) is 5.53. The predicted molar refractivity (Wildman–Crippen MR) is 79.9 cm³/mol. The third-order valence-corrected chi connectivity index (χ3v) is 3.16. The summed E-state index contributed by atoms with van der Waals surface area (Å²) in [7, 11) is 0. The quantitative estimate of drug-likeness (QED) is 0.765. The molecule has 2 rings (SSSR count). The Morgan fingerprint density at radius 3 is 2.57 bits per heavy atom. The first kappa shape index (κ1) is 15.7. The lowest BCUT2D eigenvalue weighted by atomic mass is 10.2. The first-order valence-electron chi connectivity index (χ1n) is 6.72. The summed E-state index contributed by atoms with van der Waals surface area (Å²) in [4.78, 5) is 0. The maximum Gasteiger partial charge on any atom is 0.166 e. The van der Waals surface area contributed by atoms with E-state index in [0.717, 1.165) is 18.5 Å². The number of hydrogen-bond acceptors (Lipinski definition) is 2. The largest absolute Gasteiger partial charge is 0.454 e. The minimum atomic E-state index is -0.540. The lowest BCUT2D eigenvalue weighted by Gasteiger charge is -2.09. The van der Waals surface area contributed by atoms with E-state index in [0.29, 0.717) is 6.54 Å². The summed E-state index contributed by atoms with van der Waals surface area (Å²) in [5.74, 6) is -0.637. The Labute approximate surface area is 127 Å². The molecule has 2 aromatic rings. The molecular formula is C16H16ClF2NO. The Bertz CT molecular complexity index is 619. The van der Waals surface area contributed by atoms with E-state index in [1.54, 1.807) is 12.1 Å². The van der Waals surface area contributed by atoms with Crippen molar-refractivity contribution < 1.29 is 13.5 Å². The van der Waals surface area contributed by atoms with E-state index in [1.807, 2.05) is 0 Å². The van der Waals surface area contributed by atoms with Crippen LogP contribution in [0.3, 0.4) is 0 Å². The number of nitrogens with one attached hydrogen (secondary N) is 1. The molecule has 0 aromatic heterocycles. The monoisotopic (exact) mass is 311 g/mol. The Hall–Kier alpha value is -1.65. The average Bonchev–Trinajstić information content (AvgIpc) is 2.46. The summed E-state index contributed by atoms with van der Waals surface area (Å²) in [6.07, 6.45) is 1.02. The maximum atomic E-state index is 14.0. The Morgan fingerprint density at radius 1 is 1.10 bits per heavy atom. The molecule has 1 N–H and O–H groups in total. The first-order chi connectivity index (χ1) is 10.1. The van der Waals surface area contributed by atoms with Crippen molar-refractivity contribution in [2.24, 2.45) is 0 Å². The average molecular weight is 312 g/mol. The van der Waals surface area contributed by atoms with Gasteiger partial charge in [0.2, 0.25) is 0 Å². The fourth-order valence-electron chi connectivity index (χ4n) is 1.81. The molecule has 0 saturated heterocycles. The second-order valence-corrected chi connectivity index (χ2v) is 5.03. The zero-order valence-electron chi connectivity index (χ0n) is 11.6. The summed E-state index contributed by atoms with van der Waals surface area (Å²) in [6.45, 7) is 3.56. The van der Waals surface area contributed by atoms with Gasteiger partial charge in [0.05, 0.1) is 5.02 Å². The van der Waals surface area contributed by atoms with E-state index >= 15 is 0 Å². The van der Waals surface area contributed by atoms with Crippen LogP contribution in [0, 0.1) is 11.6 Å². The van der Waals surface area contributed by atoms with Crippen LogP contribution in [0.2, 0.25) is 5.02 Å². The smallest absolute Gasteiger partial charge is 0.166 e. The van der Waals surface area contributed by atoms with Crippen molar-refractivity contribution in [3.63, 3.8) is 0 Å². The molecule has 0 aliphatic rings. The minimum absolute atomic E-state index is 0.0618. The van der Waals surface area contributed by atoms with Crippen LogP contribution < -0.4 is 10.1 Å². The second-order valence-electron chi connectivity index (χ2n) is 4.62. The predicted octanol–water partition coefficient (Wildman–Crippen LogP) is 4.91. The normalized spacial score (nSPS) is 10.7. The van der Waals surface area contributed by atoms with Crippen LogP contribution in [0.15, 0.2) is 36.4 Å². The van der Waals surface area contributed by atoms with E-state index in [9.17, 15) is 8.78 Å². The molecule has 0 aliphatic carbocycles. The van der Waals surface area contributed by atoms with Gasteiger partial charge in [-0.2, -0.15) is 0 Å². The van der Waals surface area contributed by atoms with Crippen LogP contribution >= 0.6 is 11.6 Å². The number of ether oxygens (including phenoxy) is 1. The van der Waals surface area contributed by atoms with Crippen LogP contribution in [0.25, 0.3) is 0 Å². The fraction of sp³-hybridized carbons (Fsp3) is 0.250. The standard InChI is InChI=1S/C16H16ClF2NO/c1-2-7-20-10-11-3-6-16(15(19)8-11)21-12-4-5-14(18)13(17)9-12/h3-6,8-9,20H,2,7,10H2,1H3. The summed E-state index contributed by atoms with van der Waals surface area (Å²) < 4.78 is 32.4. The number of halogens is 3. The fourth-order valence-corrected chi connectivity index (χ4v) is 1.98. The lowest BCUT2D eigenvalue weighted by molar-refractivity contribution is 0.440. The molecule has 0 saturated carbocycles. The molecule has 0 fully saturated rings. The highest BCUT2D eigenvalue weighted by Crippen LogP contribution is 2.28. The molecule has 2 aromatic carbocycles. The molecule has 0 atom stereocenters. The maximum absolute atomic E-state index is 14.0. The van der Waals surface area contributed by atoms with Gasteiger partial charge in [-0.25, -0.2) is 8.78 Å². The summed E-state index contributed by atoms with van der Waals surface area (Å²) in [5.41, 5.74) is 0.838. The van der Waals surface area contributed by atoms with Crippen molar-refractivity contribution >= 4 is 11.6 Å². The molecule has 0 radical (unpaired) electrons. The number of hydrogen-bond donors (Lipinski definition) is 1. The van der Waals surface area contributed by atoms with E-state index in [4.69, 9.17) is 16.3 Å². The van der Waals surface area contributed by atoms with Gasteiger partial charge in [0.15, 0.2) is 11.6 Å². The second kappa shape index (κ2) is 7.38. The lowest BCUT2D eigenvalue weighted by Crippen LogP contribution is -2.13. The van der Waals surface area contributed by atoms with Crippen molar-refractivity contribution in [1.29, 1.82) is 0 Å². The van der Waals surface area contributed by atoms with Crippen molar-refractivity contribution in [3.05, 3.63) is 58.6 Å². The van der Waals surface area contributed by atoms with Gasteiger partial charge in [0, 0.05) is 12.6 Å². The molecule has 5 heteroatoms. The van der Waals surface area contributed by atoms with Gasteiger partial charge in [-0.3, -0.25) is 0 Å². The minimum Gasteiger partial charge on any atom is -0.454 e. The van der Waals surface area contributed by atoms with Gasteiger partial charge in [0.1, 0.15) is 11.6 Å². The molecule has 0 unspecified atom stereocenters. The van der Waals surface area contributed by atoms with E-state index in [2.05, 4.69) is 12.2 Å². The highest BCUT2D eigenvalue weighted by Gasteiger charge is 2.08. The van der Waals surface area contributed by atoms with E-state index in [1.165, 1.54) is 24.3 Å². The van der Waals surface area contributed by atoms with Gasteiger partial charge >= 0.3 is 0 Å². The van der Waals surface area contributed by atoms with Gasteiger partial charge in [0.25, 0.3) is 0 Å². The van der Waals surface area contributed by atoms with Gasteiger partial charge in [-0.15, -0.1) is 0 Å². The third kappa shape index (κ3) is 4.41. The number of benzene rings is 2. The molecule has 21 heavy (non-hydrogen) atoms. The highest BCUT2D eigenvalue weighted by molar-refractivity contribution is 6.30. The Morgan fingerprint density at radius 2 is 1.90 bits per heavy atom. The van der Waals surface area contributed by atoms with Crippen molar-refractivity contribution in [3.8, 4) is 11.5 Å². The van der Waals surface area contributed by atoms with E-state index < -0.39 is 11.6 Å². The SMILES string of the molecule is CCCNCc1ccc(Oc2ccc(F)c(Cl)c2)c(F)c1. The van der Waals surface area contributed by atoms with Crippen molar-refractivity contribution in [2.75, 3.05) is 6.54 Å². The summed E-state index contributed by atoms with van der Waals surface area (Å²) in [5, 5.41) is 3.13. The molecule has 0 spiro atoms. The van der Waals surface area contributed by atoms with Crippen LogP contribution in [0.4, 0.5) is 8.78 Å². The third-order valence-electron chi connectivity index (χ3n) is 2.87. The highest BCUT2D eigenvalue weighted by atomic mass is 35.5. The first-order valence-corrected chi connectivity index (χ1v) is 7.10. The Balaban J connectivity index is 2.08. The molecule has 0 heterocycles. The van der Waals surface area contributed by atoms with Gasteiger partial charge in [-0.1, -0.05) is 24.6 Å². The summed E-state index contributed by atoms with van der Waals surface area (Å²) in [6, 6.07) is 8.65. The zero-order valence-corrected chi connectivity index (χ0v) is 12.4. The van der Waals surface area contributed by atoms with Crippen molar-refractivity contribution in [2.45, 2.75) is 19.9 Å². The van der Waals surface area contributed by atoms with Crippen molar-refractivity contribution in [1.82, 2.24) is 5.32 Å². The topological polar surface area (TPSA) is 21.3 Å². The molecule has 0 amide bonds. The molecular weight excluding hydrogens is 296 g/mol. The molecule has 0 aliphatic heterocycles. The van der Waals surface area contributed by atoms with E-state index in [-0.39, 0.29) is 16.5 Å².